The van der Waals surface area contributed by atoms with Gasteiger partial charge < -0.3 is 16.0 Å². The Hall–Kier alpha value is -4.01. The SMILES string of the molecule is O=C1Cc2cnc(Nc3ccc(C(=O)Nc4ccc(Cl)nc4)cc3)nc2-c2ccc(Cl)cc2N1. The molecule has 0 spiro atoms. The molecule has 5 rings (SSSR count). The second kappa shape index (κ2) is 9.09. The minimum atomic E-state index is -0.274. The number of nitrogens with one attached hydrogen (secondary N) is 3. The molecule has 0 fully saturated rings. The number of carbonyl (C=O) groups is 2. The highest BCUT2D eigenvalue weighted by Gasteiger charge is 2.21. The molecule has 0 bridgehead atoms. The van der Waals surface area contributed by atoms with Crippen LogP contribution in [0.2, 0.25) is 10.2 Å². The van der Waals surface area contributed by atoms with Crippen LogP contribution >= 0.6 is 23.2 Å². The van der Waals surface area contributed by atoms with Crippen LogP contribution in [0.1, 0.15) is 15.9 Å². The second-order valence-electron chi connectivity index (χ2n) is 7.51. The van der Waals surface area contributed by atoms with Crippen LogP contribution in [0.3, 0.4) is 0 Å². The topological polar surface area (TPSA) is 109 Å². The van der Waals surface area contributed by atoms with Crippen molar-refractivity contribution in [3.8, 4) is 11.3 Å². The van der Waals surface area contributed by atoms with Gasteiger partial charge in [0.25, 0.3) is 5.91 Å². The lowest BCUT2D eigenvalue weighted by atomic mass is 10.1. The molecule has 168 valence electrons. The number of carbonyl (C=O) groups excluding carboxylic acids is 2. The second-order valence-corrected chi connectivity index (χ2v) is 8.33. The van der Waals surface area contributed by atoms with E-state index in [4.69, 9.17) is 23.2 Å². The van der Waals surface area contributed by atoms with Gasteiger partial charge in [0.1, 0.15) is 5.15 Å². The molecular formula is C24H16Cl2N6O2. The summed E-state index contributed by atoms with van der Waals surface area (Å²) in [6, 6.07) is 15.4. The Bertz CT molecular complexity index is 1410. The molecule has 1 aliphatic rings. The summed E-state index contributed by atoms with van der Waals surface area (Å²) in [5, 5.41) is 9.63. The Kier molecular flexibility index (Phi) is 5.83. The van der Waals surface area contributed by atoms with E-state index in [1.807, 2.05) is 6.07 Å². The molecule has 2 aromatic carbocycles. The number of aromatic nitrogens is 3. The first kappa shape index (κ1) is 21.8. The highest BCUT2D eigenvalue weighted by atomic mass is 35.5. The summed E-state index contributed by atoms with van der Waals surface area (Å²) in [7, 11) is 0. The molecule has 3 heterocycles. The lowest BCUT2D eigenvalue weighted by Crippen LogP contribution is -2.13. The molecule has 0 atom stereocenters. The zero-order valence-electron chi connectivity index (χ0n) is 17.5. The molecule has 3 N–H and O–H groups in total. The monoisotopic (exact) mass is 490 g/mol. The predicted molar refractivity (Wildman–Crippen MR) is 132 cm³/mol. The van der Waals surface area contributed by atoms with Gasteiger partial charge in [-0.3, -0.25) is 9.59 Å². The highest BCUT2D eigenvalue weighted by Crippen LogP contribution is 2.34. The zero-order valence-corrected chi connectivity index (χ0v) is 19.0. The van der Waals surface area contributed by atoms with Gasteiger partial charge in [-0.25, -0.2) is 15.0 Å². The van der Waals surface area contributed by atoms with E-state index in [2.05, 4.69) is 30.9 Å². The van der Waals surface area contributed by atoms with Crippen LogP contribution < -0.4 is 16.0 Å². The smallest absolute Gasteiger partial charge is 0.255 e. The Balaban J connectivity index is 1.35. The van der Waals surface area contributed by atoms with Crippen molar-refractivity contribution >= 4 is 58.0 Å². The maximum absolute atomic E-state index is 12.5. The molecule has 34 heavy (non-hydrogen) atoms. The van der Waals surface area contributed by atoms with E-state index in [9.17, 15) is 9.59 Å². The van der Waals surface area contributed by atoms with Crippen LogP contribution in [0.15, 0.2) is 67.0 Å². The fourth-order valence-corrected chi connectivity index (χ4v) is 3.79. The van der Waals surface area contributed by atoms with Crippen molar-refractivity contribution in [2.75, 3.05) is 16.0 Å². The minimum Gasteiger partial charge on any atom is -0.325 e. The van der Waals surface area contributed by atoms with Crippen LogP contribution in [0.4, 0.5) is 23.0 Å². The molecule has 0 unspecified atom stereocenters. The average molecular weight is 491 g/mol. The lowest BCUT2D eigenvalue weighted by molar-refractivity contribution is -0.115. The Labute approximate surface area is 204 Å². The van der Waals surface area contributed by atoms with Crippen molar-refractivity contribution in [3.05, 3.63) is 88.3 Å². The molecule has 0 saturated heterocycles. The molecular weight excluding hydrogens is 475 g/mol. The number of hydrogen-bond donors (Lipinski definition) is 3. The Morgan fingerprint density at radius 2 is 1.74 bits per heavy atom. The fraction of sp³-hybridized carbons (Fsp3) is 0.0417. The molecule has 2 aromatic heterocycles. The molecule has 0 aliphatic carbocycles. The number of pyridine rings is 1. The van der Waals surface area contributed by atoms with Gasteiger partial charge in [0.05, 0.1) is 29.7 Å². The van der Waals surface area contributed by atoms with Crippen LogP contribution in [0.5, 0.6) is 0 Å². The molecule has 0 saturated carbocycles. The number of fused-ring (bicyclic) bond motifs is 3. The predicted octanol–water partition coefficient (Wildman–Crippen LogP) is 5.34. The number of nitrogens with zero attached hydrogens (tertiary/aromatic N) is 3. The van der Waals surface area contributed by atoms with Crippen molar-refractivity contribution < 1.29 is 9.59 Å². The summed E-state index contributed by atoms with van der Waals surface area (Å²) in [4.78, 5) is 37.6. The quantitative estimate of drug-likeness (QED) is 0.333. The first-order valence-corrected chi connectivity index (χ1v) is 11.0. The first-order valence-electron chi connectivity index (χ1n) is 10.2. The molecule has 1 aliphatic heterocycles. The van der Waals surface area contributed by atoms with E-state index in [0.717, 1.165) is 5.56 Å². The van der Waals surface area contributed by atoms with Gasteiger partial charge >= 0.3 is 0 Å². The van der Waals surface area contributed by atoms with E-state index in [1.54, 1.807) is 54.7 Å². The van der Waals surface area contributed by atoms with Crippen molar-refractivity contribution in [2.24, 2.45) is 0 Å². The number of benzene rings is 2. The molecule has 10 heteroatoms. The third kappa shape index (κ3) is 4.68. The summed E-state index contributed by atoms with van der Waals surface area (Å²) in [5.41, 5.74) is 4.45. The van der Waals surface area contributed by atoms with Gasteiger partial charge in [0.15, 0.2) is 0 Å². The number of anilines is 4. The summed E-state index contributed by atoms with van der Waals surface area (Å²) < 4.78 is 0. The van der Waals surface area contributed by atoms with Crippen LogP contribution in [-0.4, -0.2) is 26.8 Å². The normalized spacial score (nSPS) is 12.1. The van der Waals surface area contributed by atoms with E-state index < -0.39 is 0 Å². The number of amides is 2. The Morgan fingerprint density at radius 3 is 2.50 bits per heavy atom. The van der Waals surface area contributed by atoms with E-state index in [1.165, 1.54) is 6.20 Å². The van der Waals surface area contributed by atoms with Gasteiger partial charge in [-0.2, -0.15) is 0 Å². The van der Waals surface area contributed by atoms with E-state index in [0.29, 0.717) is 50.0 Å². The summed E-state index contributed by atoms with van der Waals surface area (Å²) in [6.07, 6.45) is 3.28. The van der Waals surface area contributed by atoms with Gasteiger partial charge in [-0.15, -0.1) is 0 Å². The minimum absolute atomic E-state index is 0.158. The van der Waals surface area contributed by atoms with Gasteiger partial charge in [-0.05, 0) is 54.6 Å². The third-order valence-corrected chi connectivity index (χ3v) is 5.57. The fourth-order valence-electron chi connectivity index (χ4n) is 3.51. The van der Waals surface area contributed by atoms with Crippen molar-refractivity contribution in [2.45, 2.75) is 6.42 Å². The van der Waals surface area contributed by atoms with Crippen LogP contribution in [-0.2, 0) is 11.2 Å². The van der Waals surface area contributed by atoms with Crippen molar-refractivity contribution in [1.29, 1.82) is 0 Å². The molecule has 2 amide bonds. The van der Waals surface area contributed by atoms with Gasteiger partial charge in [0.2, 0.25) is 11.9 Å². The largest absolute Gasteiger partial charge is 0.325 e. The number of hydrogen-bond acceptors (Lipinski definition) is 6. The first-order chi connectivity index (χ1) is 16.4. The van der Waals surface area contributed by atoms with Crippen molar-refractivity contribution in [1.82, 2.24) is 15.0 Å². The Morgan fingerprint density at radius 1 is 0.941 bits per heavy atom. The summed E-state index contributed by atoms with van der Waals surface area (Å²) in [5.74, 6) is -0.0716. The van der Waals surface area contributed by atoms with Gasteiger partial charge in [-0.1, -0.05) is 23.2 Å². The van der Waals surface area contributed by atoms with Crippen LogP contribution in [0, 0.1) is 0 Å². The molecule has 4 aromatic rings. The van der Waals surface area contributed by atoms with Crippen LogP contribution in [0.25, 0.3) is 11.3 Å². The third-order valence-electron chi connectivity index (χ3n) is 5.11. The van der Waals surface area contributed by atoms with Crippen molar-refractivity contribution in [3.63, 3.8) is 0 Å². The maximum atomic E-state index is 12.5. The highest BCUT2D eigenvalue weighted by molar-refractivity contribution is 6.31. The van der Waals surface area contributed by atoms with E-state index in [-0.39, 0.29) is 18.2 Å². The standard InChI is InChI=1S/C24H16Cl2N6O2/c25-15-3-7-18-19(10-15)31-21(33)9-14-11-28-24(32-22(14)18)30-16-4-1-13(2-5-16)23(34)29-17-6-8-20(26)27-12-17/h1-8,10-12H,9H2,(H,29,34)(H,31,33)(H,28,30,32). The average Bonchev–Trinajstić information content (AvgIpc) is 2.95. The maximum Gasteiger partial charge on any atom is 0.255 e. The number of rotatable bonds is 4. The summed E-state index contributed by atoms with van der Waals surface area (Å²) in [6.45, 7) is 0. The van der Waals surface area contributed by atoms with Gasteiger partial charge in [0, 0.05) is 33.6 Å². The number of halogens is 2. The zero-order chi connectivity index (χ0) is 23.7. The lowest BCUT2D eigenvalue weighted by Gasteiger charge is -2.11. The molecule has 0 radical (unpaired) electrons. The summed E-state index contributed by atoms with van der Waals surface area (Å²) >= 11 is 11.9. The molecule has 8 nitrogen and oxygen atoms in total. The van der Waals surface area contributed by atoms with E-state index >= 15 is 0 Å².